The Morgan fingerprint density at radius 2 is 2.09 bits per heavy atom. The van der Waals surface area contributed by atoms with E-state index < -0.39 is 11.1 Å². The molecular weight excluding hydrogens is 316 g/mol. The molecule has 3 amide bonds. The van der Waals surface area contributed by atoms with Crippen molar-refractivity contribution in [3.63, 3.8) is 0 Å². The van der Waals surface area contributed by atoms with Gasteiger partial charge in [0.2, 0.25) is 5.91 Å². The van der Waals surface area contributed by atoms with Crippen LogP contribution in [0.4, 0.5) is 4.79 Å². The average Bonchev–Trinajstić information content (AvgIpc) is 2.77. The summed E-state index contributed by atoms with van der Waals surface area (Å²) in [6, 6.07) is 6.52. The minimum absolute atomic E-state index is 0.0246. The third-order valence-corrected chi connectivity index (χ3v) is 4.16. The van der Waals surface area contributed by atoms with Crippen LogP contribution in [0.2, 0.25) is 0 Å². The second kappa shape index (κ2) is 7.82. The van der Waals surface area contributed by atoms with E-state index in [1.54, 1.807) is 18.2 Å². The maximum atomic E-state index is 12.3. The van der Waals surface area contributed by atoms with Gasteiger partial charge in [0.05, 0.1) is 4.91 Å². The first-order valence-corrected chi connectivity index (χ1v) is 8.14. The molecule has 1 aliphatic rings. The Hall–Kier alpha value is -2.28. The Morgan fingerprint density at radius 1 is 1.35 bits per heavy atom. The van der Waals surface area contributed by atoms with Crippen LogP contribution < -0.4 is 5.32 Å². The molecule has 1 saturated heterocycles. The molecule has 0 atom stereocenters. The fourth-order valence-electron chi connectivity index (χ4n) is 1.99. The number of aromatic hydroxyl groups is 1. The van der Waals surface area contributed by atoms with Gasteiger partial charge in [0.25, 0.3) is 11.1 Å². The highest BCUT2D eigenvalue weighted by molar-refractivity contribution is 8.18. The number of hydrogen-bond donors (Lipinski definition) is 2. The standard InChI is InChI=1S/C16H18N2O4S/c1-2-3-8-17-14(20)10-18-15(21)13(23-16(18)22)9-11-6-4-5-7-12(11)19/h4-7,9,19H,2-3,8,10H2,1H3,(H,17,20)/b13-9-. The molecule has 0 unspecified atom stereocenters. The minimum Gasteiger partial charge on any atom is -0.507 e. The van der Waals surface area contributed by atoms with Crippen LogP contribution >= 0.6 is 11.8 Å². The highest BCUT2D eigenvalue weighted by atomic mass is 32.2. The summed E-state index contributed by atoms with van der Waals surface area (Å²) in [5.41, 5.74) is 0.449. The van der Waals surface area contributed by atoms with Crippen LogP contribution in [-0.4, -0.2) is 40.1 Å². The van der Waals surface area contributed by atoms with Crippen molar-refractivity contribution >= 4 is 34.9 Å². The van der Waals surface area contributed by atoms with E-state index in [0.717, 1.165) is 29.5 Å². The number of imide groups is 1. The van der Waals surface area contributed by atoms with Gasteiger partial charge in [0, 0.05) is 12.1 Å². The first-order valence-electron chi connectivity index (χ1n) is 7.33. The lowest BCUT2D eigenvalue weighted by atomic mass is 10.2. The molecule has 2 N–H and O–H groups in total. The van der Waals surface area contributed by atoms with Crippen LogP contribution in [0.3, 0.4) is 0 Å². The van der Waals surface area contributed by atoms with Gasteiger partial charge in [0.1, 0.15) is 12.3 Å². The predicted octanol–water partition coefficient (Wildman–Crippen LogP) is 2.34. The van der Waals surface area contributed by atoms with Crippen molar-refractivity contribution in [3.8, 4) is 5.75 Å². The predicted molar refractivity (Wildman–Crippen MR) is 88.7 cm³/mol. The van der Waals surface area contributed by atoms with Crippen LogP contribution in [0.25, 0.3) is 6.08 Å². The topological polar surface area (TPSA) is 86.7 Å². The van der Waals surface area contributed by atoms with Crippen molar-refractivity contribution in [2.45, 2.75) is 19.8 Å². The van der Waals surface area contributed by atoms with E-state index in [-0.39, 0.29) is 23.1 Å². The highest BCUT2D eigenvalue weighted by Gasteiger charge is 2.36. The molecule has 1 aromatic carbocycles. The lowest BCUT2D eigenvalue weighted by Crippen LogP contribution is -2.39. The number of para-hydroxylation sites is 1. The lowest BCUT2D eigenvalue weighted by molar-refractivity contribution is -0.129. The van der Waals surface area contributed by atoms with Crippen molar-refractivity contribution in [1.82, 2.24) is 10.2 Å². The number of hydrogen-bond acceptors (Lipinski definition) is 5. The van der Waals surface area contributed by atoms with E-state index >= 15 is 0 Å². The molecule has 6 nitrogen and oxygen atoms in total. The number of unbranched alkanes of at least 4 members (excludes halogenated alkanes) is 1. The second-order valence-corrected chi connectivity index (χ2v) is 6.02. The molecule has 0 spiro atoms. The van der Waals surface area contributed by atoms with Crippen LogP contribution in [0.1, 0.15) is 25.3 Å². The molecule has 7 heteroatoms. The fraction of sp³-hybridized carbons (Fsp3) is 0.312. The number of carbonyl (C=O) groups excluding carboxylic acids is 3. The van der Waals surface area contributed by atoms with Gasteiger partial charge >= 0.3 is 0 Å². The summed E-state index contributed by atoms with van der Waals surface area (Å²) in [7, 11) is 0. The Balaban J connectivity index is 2.05. The molecule has 122 valence electrons. The Bertz CT molecular complexity index is 657. The fourth-order valence-corrected chi connectivity index (χ4v) is 2.82. The summed E-state index contributed by atoms with van der Waals surface area (Å²) in [5.74, 6) is -0.852. The summed E-state index contributed by atoms with van der Waals surface area (Å²) in [4.78, 5) is 37.0. The third-order valence-electron chi connectivity index (χ3n) is 3.25. The van der Waals surface area contributed by atoms with Gasteiger partial charge in [-0.3, -0.25) is 19.3 Å². The number of amides is 3. The molecule has 1 fully saturated rings. The van der Waals surface area contributed by atoms with Gasteiger partial charge in [-0.05, 0) is 30.3 Å². The first kappa shape index (κ1) is 17.1. The molecule has 2 rings (SSSR count). The number of nitrogens with zero attached hydrogens (tertiary/aromatic N) is 1. The normalized spacial score (nSPS) is 16.2. The van der Waals surface area contributed by atoms with Crippen LogP contribution in [0, 0.1) is 0 Å². The maximum absolute atomic E-state index is 12.3. The van der Waals surface area contributed by atoms with Crippen LogP contribution in [-0.2, 0) is 9.59 Å². The van der Waals surface area contributed by atoms with Crippen LogP contribution in [0.5, 0.6) is 5.75 Å². The molecule has 0 aromatic heterocycles. The Kier molecular flexibility index (Phi) is 5.81. The largest absolute Gasteiger partial charge is 0.507 e. The van der Waals surface area contributed by atoms with Gasteiger partial charge in [-0.1, -0.05) is 31.5 Å². The highest BCUT2D eigenvalue weighted by Crippen LogP contribution is 2.33. The Labute approximate surface area is 138 Å². The molecule has 0 bridgehead atoms. The van der Waals surface area contributed by atoms with Crippen LogP contribution in [0.15, 0.2) is 29.2 Å². The van der Waals surface area contributed by atoms with Crippen molar-refractivity contribution in [1.29, 1.82) is 0 Å². The number of phenols is 1. The van der Waals surface area contributed by atoms with E-state index in [4.69, 9.17) is 0 Å². The number of thioether (sulfide) groups is 1. The number of benzene rings is 1. The van der Waals surface area contributed by atoms with Gasteiger partial charge < -0.3 is 10.4 Å². The van der Waals surface area contributed by atoms with Gasteiger partial charge in [-0.25, -0.2) is 0 Å². The number of carbonyl (C=O) groups is 3. The molecule has 0 aliphatic carbocycles. The smallest absolute Gasteiger partial charge is 0.294 e. The zero-order chi connectivity index (χ0) is 16.8. The van der Waals surface area contributed by atoms with Crippen molar-refractivity contribution in [2.24, 2.45) is 0 Å². The molecule has 0 radical (unpaired) electrons. The summed E-state index contributed by atoms with van der Waals surface area (Å²) in [5, 5.41) is 11.9. The minimum atomic E-state index is -0.520. The summed E-state index contributed by atoms with van der Waals surface area (Å²) in [6.07, 6.45) is 3.25. The second-order valence-electron chi connectivity index (χ2n) is 5.03. The van der Waals surface area contributed by atoms with Crippen molar-refractivity contribution < 1.29 is 19.5 Å². The number of nitrogens with one attached hydrogen (secondary N) is 1. The summed E-state index contributed by atoms with van der Waals surface area (Å²) < 4.78 is 0. The molecule has 0 saturated carbocycles. The van der Waals surface area contributed by atoms with E-state index in [1.165, 1.54) is 12.1 Å². The van der Waals surface area contributed by atoms with E-state index in [0.29, 0.717) is 12.1 Å². The average molecular weight is 334 g/mol. The molecular formula is C16H18N2O4S. The lowest BCUT2D eigenvalue weighted by Gasteiger charge is -2.12. The van der Waals surface area contributed by atoms with E-state index in [2.05, 4.69) is 5.32 Å². The zero-order valence-electron chi connectivity index (χ0n) is 12.7. The summed E-state index contributed by atoms with van der Waals surface area (Å²) >= 11 is 0.763. The molecule has 23 heavy (non-hydrogen) atoms. The SMILES string of the molecule is CCCCNC(=O)CN1C(=O)S/C(=C\c2ccccc2O)C1=O. The quantitative estimate of drug-likeness (QED) is 0.616. The van der Waals surface area contributed by atoms with Gasteiger partial charge in [0.15, 0.2) is 0 Å². The number of phenolic OH excluding ortho intramolecular Hbond substituents is 1. The molecule has 1 aliphatic heterocycles. The Morgan fingerprint density at radius 3 is 2.78 bits per heavy atom. The van der Waals surface area contributed by atoms with E-state index in [1.807, 2.05) is 6.92 Å². The first-order chi connectivity index (χ1) is 11.0. The van der Waals surface area contributed by atoms with E-state index in [9.17, 15) is 19.5 Å². The van der Waals surface area contributed by atoms with Crippen molar-refractivity contribution in [3.05, 3.63) is 34.7 Å². The monoisotopic (exact) mass is 334 g/mol. The maximum Gasteiger partial charge on any atom is 0.294 e. The zero-order valence-corrected chi connectivity index (χ0v) is 13.6. The molecule has 1 heterocycles. The van der Waals surface area contributed by atoms with Gasteiger partial charge in [-0.2, -0.15) is 0 Å². The summed E-state index contributed by atoms with van der Waals surface area (Å²) in [6.45, 7) is 2.25. The van der Waals surface area contributed by atoms with Crippen molar-refractivity contribution in [2.75, 3.05) is 13.1 Å². The number of rotatable bonds is 6. The molecule has 1 aromatic rings. The third kappa shape index (κ3) is 4.35. The van der Waals surface area contributed by atoms with Gasteiger partial charge in [-0.15, -0.1) is 0 Å².